The van der Waals surface area contributed by atoms with Gasteiger partial charge in [0.25, 0.3) is 0 Å². The molecule has 1 aromatic heterocycles. The molecule has 0 aromatic carbocycles. The summed E-state index contributed by atoms with van der Waals surface area (Å²) in [6.45, 7) is 0. The molecule has 1 aromatic rings. The van der Waals surface area contributed by atoms with Crippen LogP contribution in [-0.2, 0) is 0 Å². The molecule has 0 aliphatic heterocycles. The topological polar surface area (TPSA) is 35.0 Å². The summed E-state index contributed by atoms with van der Waals surface area (Å²) in [6, 6.07) is 1.81. The predicted molar refractivity (Wildman–Crippen MR) is 49.5 cm³/mol. The maximum atomic E-state index is 5.70. The molecule has 0 N–H and O–H groups in total. The standard InChI is InChI=1S/C10H14N2O/c1-2-4-9(5-3-1)13-10-6-7-11-8-12-10/h6-9H,1-5H2. The number of rotatable bonds is 2. The maximum Gasteiger partial charge on any atom is 0.216 e. The quantitative estimate of drug-likeness (QED) is 0.696. The van der Waals surface area contributed by atoms with Crippen LogP contribution in [0, 0.1) is 0 Å². The third kappa shape index (κ3) is 2.41. The second kappa shape index (κ2) is 4.21. The van der Waals surface area contributed by atoms with Gasteiger partial charge in [-0.3, -0.25) is 0 Å². The van der Waals surface area contributed by atoms with Crippen molar-refractivity contribution < 1.29 is 4.74 Å². The van der Waals surface area contributed by atoms with Crippen molar-refractivity contribution in [1.82, 2.24) is 9.97 Å². The minimum absolute atomic E-state index is 0.378. The molecule has 1 aliphatic rings. The number of hydrogen-bond acceptors (Lipinski definition) is 3. The van der Waals surface area contributed by atoms with E-state index in [0.717, 1.165) is 0 Å². The molecule has 13 heavy (non-hydrogen) atoms. The van der Waals surface area contributed by atoms with Gasteiger partial charge in [0.1, 0.15) is 12.4 Å². The molecule has 0 bridgehead atoms. The lowest BCUT2D eigenvalue weighted by Gasteiger charge is -2.21. The molecule has 1 aliphatic carbocycles. The highest BCUT2D eigenvalue weighted by molar-refractivity contribution is 5.05. The van der Waals surface area contributed by atoms with Gasteiger partial charge in [0.05, 0.1) is 0 Å². The Morgan fingerprint density at radius 2 is 2.08 bits per heavy atom. The smallest absolute Gasteiger partial charge is 0.216 e. The van der Waals surface area contributed by atoms with E-state index in [1.807, 2.05) is 6.07 Å². The number of hydrogen-bond donors (Lipinski definition) is 0. The zero-order valence-corrected chi connectivity index (χ0v) is 7.65. The first-order chi connectivity index (χ1) is 6.45. The lowest BCUT2D eigenvalue weighted by atomic mass is 9.98. The molecule has 2 rings (SSSR count). The molecule has 0 atom stereocenters. The normalized spacial score (nSPS) is 18.5. The fourth-order valence-electron chi connectivity index (χ4n) is 1.70. The van der Waals surface area contributed by atoms with E-state index in [0.29, 0.717) is 12.0 Å². The second-order valence-electron chi connectivity index (χ2n) is 3.43. The molecule has 0 amide bonds. The Balaban J connectivity index is 1.90. The van der Waals surface area contributed by atoms with Gasteiger partial charge >= 0.3 is 0 Å². The van der Waals surface area contributed by atoms with Crippen LogP contribution in [0.15, 0.2) is 18.6 Å². The maximum absolute atomic E-state index is 5.70. The van der Waals surface area contributed by atoms with E-state index in [-0.39, 0.29) is 0 Å². The Kier molecular flexibility index (Phi) is 2.75. The average Bonchev–Trinajstić information content (AvgIpc) is 2.21. The van der Waals surface area contributed by atoms with Crippen LogP contribution in [0.25, 0.3) is 0 Å². The van der Waals surface area contributed by atoms with Gasteiger partial charge in [0.15, 0.2) is 0 Å². The lowest BCUT2D eigenvalue weighted by molar-refractivity contribution is 0.148. The van der Waals surface area contributed by atoms with Gasteiger partial charge in [0.2, 0.25) is 5.88 Å². The predicted octanol–water partition coefficient (Wildman–Crippen LogP) is 2.19. The average molecular weight is 178 g/mol. The van der Waals surface area contributed by atoms with Crippen LogP contribution in [0.1, 0.15) is 32.1 Å². The molecule has 3 heteroatoms. The van der Waals surface area contributed by atoms with Gasteiger partial charge in [-0.25, -0.2) is 9.97 Å². The minimum Gasteiger partial charge on any atom is -0.474 e. The van der Waals surface area contributed by atoms with Gasteiger partial charge in [0, 0.05) is 12.3 Å². The van der Waals surface area contributed by atoms with Crippen molar-refractivity contribution in [1.29, 1.82) is 0 Å². The summed E-state index contributed by atoms with van der Waals surface area (Å²) in [5.74, 6) is 0.710. The van der Waals surface area contributed by atoms with Crippen molar-refractivity contribution in [3.05, 3.63) is 18.6 Å². The summed E-state index contributed by atoms with van der Waals surface area (Å²) in [7, 11) is 0. The highest BCUT2D eigenvalue weighted by atomic mass is 16.5. The second-order valence-corrected chi connectivity index (χ2v) is 3.43. The van der Waals surface area contributed by atoms with Crippen molar-refractivity contribution in [2.75, 3.05) is 0 Å². The molecule has 70 valence electrons. The van der Waals surface area contributed by atoms with Crippen LogP contribution in [0.2, 0.25) is 0 Å². The van der Waals surface area contributed by atoms with Crippen LogP contribution in [0.4, 0.5) is 0 Å². The number of nitrogens with zero attached hydrogens (tertiary/aromatic N) is 2. The van der Waals surface area contributed by atoms with Crippen LogP contribution < -0.4 is 4.74 Å². The van der Waals surface area contributed by atoms with Crippen molar-refractivity contribution in [2.45, 2.75) is 38.2 Å². The van der Waals surface area contributed by atoms with Gasteiger partial charge in [-0.2, -0.15) is 0 Å². The molecule has 0 saturated heterocycles. The van der Waals surface area contributed by atoms with Gasteiger partial charge < -0.3 is 4.74 Å². The van der Waals surface area contributed by atoms with Crippen LogP contribution in [-0.4, -0.2) is 16.1 Å². The lowest BCUT2D eigenvalue weighted by Crippen LogP contribution is -2.20. The van der Waals surface area contributed by atoms with E-state index in [1.54, 1.807) is 6.20 Å². The van der Waals surface area contributed by atoms with Crippen molar-refractivity contribution in [3.8, 4) is 5.88 Å². The highest BCUT2D eigenvalue weighted by Crippen LogP contribution is 2.21. The summed E-state index contributed by atoms with van der Waals surface area (Å²) in [4.78, 5) is 7.89. The van der Waals surface area contributed by atoms with Crippen LogP contribution in [0.5, 0.6) is 5.88 Å². The summed E-state index contributed by atoms with van der Waals surface area (Å²) >= 11 is 0. The molecule has 0 spiro atoms. The molecular formula is C10H14N2O. The zero-order chi connectivity index (χ0) is 8.93. The third-order valence-corrected chi connectivity index (χ3v) is 2.39. The minimum atomic E-state index is 0.378. The first kappa shape index (κ1) is 8.48. The van der Waals surface area contributed by atoms with Crippen molar-refractivity contribution >= 4 is 0 Å². The monoisotopic (exact) mass is 178 g/mol. The van der Waals surface area contributed by atoms with E-state index in [9.17, 15) is 0 Å². The summed E-state index contributed by atoms with van der Waals surface area (Å²) in [5, 5.41) is 0. The summed E-state index contributed by atoms with van der Waals surface area (Å²) < 4.78 is 5.70. The summed E-state index contributed by atoms with van der Waals surface area (Å²) in [6.07, 6.45) is 9.88. The Hall–Kier alpha value is -1.12. The van der Waals surface area contributed by atoms with Gasteiger partial charge in [-0.15, -0.1) is 0 Å². The van der Waals surface area contributed by atoms with Crippen LogP contribution in [0.3, 0.4) is 0 Å². The summed E-state index contributed by atoms with van der Waals surface area (Å²) in [5.41, 5.74) is 0. The Labute approximate surface area is 78.2 Å². The van der Waals surface area contributed by atoms with Crippen molar-refractivity contribution in [3.63, 3.8) is 0 Å². The molecule has 0 unspecified atom stereocenters. The van der Waals surface area contributed by atoms with Gasteiger partial charge in [-0.05, 0) is 25.7 Å². The fourth-order valence-corrected chi connectivity index (χ4v) is 1.70. The fraction of sp³-hybridized carbons (Fsp3) is 0.600. The van der Waals surface area contributed by atoms with E-state index in [4.69, 9.17) is 4.74 Å². The molecular weight excluding hydrogens is 164 g/mol. The van der Waals surface area contributed by atoms with Crippen molar-refractivity contribution in [2.24, 2.45) is 0 Å². The SMILES string of the molecule is c1cc(OC2CCCCC2)ncn1. The molecule has 1 heterocycles. The first-order valence-electron chi connectivity index (χ1n) is 4.88. The van der Waals surface area contributed by atoms with E-state index in [2.05, 4.69) is 9.97 Å². The molecule has 0 radical (unpaired) electrons. The van der Waals surface area contributed by atoms with Gasteiger partial charge in [-0.1, -0.05) is 6.42 Å². The number of aromatic nitrogens is 2. The number of ether oxygens (including phenoxy) is 1. The van der Waals surface area contributed by atoms with Crippen LogP contribution >= 0.6 is 0 Å². The molecule has 1 fully saturated rings. The van der Waals surface area contributed by atoms with E-state index >= 15 is 0 Å². The Morgan fingerprint density at radius 3 is 2.77 bits per heavy atom. The third-order valence-electron chi connectivity index (χ3n) is 2.39. The Bertz CT molecular complexity index is 244. The Morgan fingerprint density at radius 1 is 1.23 bits per heavy atom. The molecule has 1 saturated carbocycles. The largest absolute Gasteiger partial charge is 0.474 e. The first-order valence-corrected chi connectivity index (χ1v) is 4.88. The van der Waals surface area contributed by atoms with E-state index in [1.165, 1.54) is 38.4 Å². The zero-order valence-electron chi connectivity index (χ0n) is 7.65. The van der Waals surface area contributed by atoms with E-state index < -0.39 is 0 Å². The highest BCUT2D eigenvalue weighted by Gasteiger charge is 2.14. The molecule has 3 nitrogen and oxygen atoms in total.